The monoisotopic (exact) mass is 234 g/mol. The molecule has 1 saturated heterocycles. The number of nitrogens with zero attached hydrogens (tertiary/aromatic N) is 1. The van der Waals surface area contributed by atoms with E-state index in [0.29, 0.717) is 12.2 Å². The standard InChI is InChI=1S/C14H22N2O/c1-11-7-8-13(17-11)10-16(2)9-12-5-3-4-6-14(12)15/h3-6,11,13H,7-10,15H2,1-2H3. The fraction of sp³-hybridized carbons (Fsp3) is 0.571. The number of hydrogen-bond donors (Lipinski definition) is 1. The number of nitrogens with two attached hydrogens (primary N) is 1. The van der Waals surface area contributed by atoms with Crippen LogP contribution in [0.5, 0.6) is 0 Å². The molecule has 0 bridgehead atoms. The molecule has 1 fully saturated rings. The fourth-order valence-corrected chi connectivity index (χ4v) is 2.40. The highest BCUT2D eigenvalue weighted by Gasteiger charge is 2.22. The van der Waals surface area contributed by atoms with Crippen molar-refractivity contribution in [2.45, 2.75) is 38.5 Å². The maximum Gasteiger partial charge on any atom is 0.0706 e. The Kier molecular flexibility index (Phi) is 4.02. The van der Waals surface area contributed by atoms with Gasteiger partial charge in [0.2, 0.25) is 0 Å². The first-order chi connectivity index (χ1) is 8.15. The highest BCUT2D eigenvalue weighted by Crippen LogP contribution is 2.20. The van der Waals surface area contributed by atoms with E-state index in [2.05, 4.69) is 24.9 Å². The Labute approximate surface area is 104 Å². The second-order valence-electron chi connectivity index (χ2n) is 5.04. The second-order valence-corrected chi connectivity index (χ2v) is 5.04. The SMILES string of the molecule is CC1CCC(CN(C)Cc2ccccc2N)O1. The molecule has 0 radical (unpaired) electrons. The Morgan fingerprint density at radius 1 is 1.35 bits per heavy atom. The summed E-state index contributed by atoms with van der Waals surface area (Å²) < 4.78 is 5.83. The molecule has 1 aromatic rings. The average Bonchev–Trinajstić information content (AvgIpc) is 2.67. The quantitative estimate of drug-likeness (QED) is 0.812. The largest absolute Gasteiger partial charge is 0.398 e. The Bertz CT molecular complexity index is 367. The zero-order valence-electron chi connectivity index (χ0n) is 10.7. The molecule has 1 aliphatic rings. The van der Waals surface area contributed by atoms with Gasteiger partial charge in [0.1, 0.15) is 0 Å². The van der Waals surface area contributed by atoms with E-state index in [1.54, 1.807) is 0 Å². The third kappa shape index (κ3) is 3.45. The van der Waals surface area contributed by atoms with Gasteiger partial charge in [0.05, 0.1) is 12.2 Å². The lowest BCUT2D eigenvalue weighted by Crippen LogP contribution is -2.29. The number of hydrogen-bond acceptors (Lipinski definition) is 3. The maximum absolute atomic E-state index is 5.94. The van der Waals surface area contributed by atoms with Gasteiger partial charge in [-0.1, -0.05) is 18.2 Å². The summed E-state index contributed by atoms with van der Waals surface area (Å²) in [7, 11) is 2.12. The molecule has 2 rings (SSSR count). The van der Waals surface area contributed by atoms with Crippen LogP contribution in [0.3, 0.4) is 0 Å². The highest BCUT2D eigenvalue weighted by atomic mass is 16.5. The van der Waals surface area contributed by atoms with Crippen LogP contribution >= 0.6 is 0 Å². The molecule has 2 N–H and O–H groups in total. The van der Waals surface area contributed by atoms with Crippen LogP contribution in [0.15, 0.2) is 24.3 Å². The number of para-hydroxylation sites is 1. The lowest BCUT2D eigenvalue weighted by Gasteiger charge is -2.21. The molecule has 2 atom stereocenters. The molecule has 1 aliphatic heterocycles. The Hall–Kier alpha value is -1.06. The smallest absolute Gasteiger partial charge is 0.0706 e. The summed E-state index contributed by atoms with van der Waals surface area (Å²) in [5, 5.41) is 0. The van der Waals surface area contributed by atoms with Gasteiger partial charge >= 0.3 is 0 Å². The molecule has 0 aromatic heterocycles. The lowest BCUT2D eigenvalue weighted by atomic mass is 10.1. The van der Waals surface area contributed by atoms with Crippen LogP contribution in [-0.4, -0.2) is 30.7 Å². The Balaban J connectivity index is 1.85. The second kappa shape index (κ2) is 5.52. The van der Waals surface area contributed by atoms with Crippen LogP contribution in [0.4, 0.5) is 5.69 Å². The third-order valence-corrected chi connectivity index (χ3v) is 3.33. The van der Waals surface area contributed by atoms with Crippen molar-refractivity contribution in [1.82, 2.24) is 4.90 Å². The van der Waals surface area contributed by atoms with Gasteiger partial charge in [-0.05, 0) is 38.4 Å². The van der Waals surface area contributed by atoms with Gasteiger partial charge in [0, 0.05) is 18.8 Å². The number of ether oxygens (including phenoxy) is 1. The van der Waals surface area contributed by atoms with Crippen molar-refractivity contribution in [3.05, 3.63) is 29.8 Å². The van der Waals surface area contributed by atoms with Crippen molar-refractivity contribution in [3.8, 4) is 0 Å². The van der Waals surface area contributed by atoms with Gasteiger partial charge < -0.3 is 10.5 Å². The number of rotatable bonds is 4. The zero-order valence-corrected chi connectivity index (χ0v) is 10.7. The van der Waals surface area contributed by atoms with E-state index in [0.717, 1.165) is 18.8 Å². The van der Waals surface area contributed by atoms with Crippen LogP contribution in [-0.2, 0) is 11.3 Å². The van der Waals surface area contributed by atoms with Gasteiger partial charge in [-0.3, -0.25) is 4.90 Å². The highest BCUT2D eigenvalue weighted by molar-refractivity contribution is 5.46. The molecule has 17 heavy (non-hydrogen) atoms. The predicted molar refractivity (Wildman–Crippen MR) is 70.8 cm³/mol. The maximum atomic E-state index is 5.94. The molecule has 1 heterocycles. The van der Waals surface area contributed by atoms with Gasteiger partial charge in [0.25, 0.3) is 0 Å². The van der Waals surface area contributed by atoms with Gasteiger partial charge in [0.15, 0.2) is 0 Å². The topological polar surface area (TPSA) is 38.5 Å². The van der Waals surface area contributed by atoms with Crippen molar-refractivity contribution in [2.24, 2.45) is 0 Å². The molecule has 0 aliphatic carbocycles. The van der Waals surface area contributed by atoms with Crippen LogP contribution in [0, 0.1) is 0 Å². The van der Waals surface area contributed by atoms with Gasteiger partial charge in [-0.15, -0.1) is 0 Å². The van der Waals surface area contributed by atoms with Crippen molar-refractivity contribution in [1.29, 1.82) is 0 Å². The zero-order chi connectivity index (χ0) is 12.3. The van der Waals surface area contributed by atoms with E-state index in [-0.39, 0.29) is 0 Å². The van der Waals surface area contributed by atoms with Gasteiger partial charge in [-0.25, -0.2) is 0 Å². The molecule has 0 amide bonds. The van der Waals surface area contributed by atoms with E-state index >= 15 is 0 Å². The summed E-state index contributed by atoms with van der Waals surface area (Å²) in [6, 6.07) is 8.05. The fourth-order valence-electron chi connectivity index (χ4n) is 2.40. The number of anilines is 1. The minimum absolute atomic E-state index is 0.389. The van der Waals surface area contributed by atoms with Crippen molar-refractivity contribution in [2.75, 3.05) is 19.3 Å². The number of nitrogen functional groups attached to an aromatic ring is 1. The third-order valence-electron chi connectivity index (χ3n) is 3.33. The average molecular weight is 234 g/mol. The van der Waals surface area contributed by atoms with E-state index in [1.807, 2.05) is 18.2 Å². The molecule has 0 spiro atoms. The first-order valence-electron chi connectivity index (χ1n) is 6.32. The number of likely N-dealkylation sites (N-methyl/N-ethyl adjacent to an activating group) is 1. The molecular formula is C14H22N2O. The lowest BCUT2D eigenvalue weighted by molar-refractivity contribution is 0.0352. The molecule has 3 heteroatoms. The summed E-state index contributed by atoms with van der Waals surface area (Å²) in [5.74, 6) is 0. The van der Waals surface area contributed by atoms with E-state index < -0.39 is 0 Å². The van der Waals surface area contributed by atoms with Crippen molar-refractivity contribution in [3.63, 3.8) is 0 Å². The molecule has 1 aromatic carbocycles. The Morgan fingerprint density at radius 3 is 2.76 bits per heavy atom. The summed E-state index contributed by atoms with van der Waals surface area (Å²) in [4.78, 5) is 2.29. The normalized spacial score (nSPS) is 24.4. The molecule has 94 valence electrons. The molecule has 2 unspecified atom stereocenters. The molecule has 0 saturated carbocycles. The minimum atomic E-state index is 0.389. The predicted octanol–water partition coefficient (Wildman–Crippen LogP) is 2.27. The summed E-state index contributed by atoms with van der Waals surface area (Å²) >= 11 is 0. The summed E-state index contributed by atoms with van der Waals surface area (Å²) in [5.41, 5.74) is 8.01. The molecular weight excluding hydrogens is 212 g/mol. The Morgan fingerprint density at radius 2 is 2.12 bits per heavy atom. The van der Waals surface area contributed by atoms with Crippen molar-refractivity contribution < 1.29 is 4.74 Å². The first-order valence-corrected chi connectivity index (χ1v) is 6.32. The van der Waals surface area contributed by atoms with Crippen LogP contribution < -0.4 is 5.73 Å². The first kappa shape index (κ1) is 12.4. The minimum Gasteiger partial charge on any atom is -0.398 e. The summed E-state index contributed by atoms with van der Waals surface area (Å²) in [6.45, 7) is 4.02. The van der Waals surface area contributed by atoms with E-state index in [4.69, 9.17) is 10.5 Å². The van der Waals surface area contributed by atoms with Crippen molar-refractivity contribution >= 4 is 5.69 Å². The van der Waals surface area contributed by atoms with E-state index in [1.165, 1.54) is 18.4 Å². The number of benzene rings is 1. The van der Waals surface area contributed by atoms with Crippen LogP contribution in [0.1, 0.15) is 25.3 Å². The van der Waals surface area contributed by atoms with Crippen LogP contribution in [0.2, 0.25) is 0 Å². The van der Waals surface area contributed by atoms with Crippen LogP contribution in [0.25, 0.3) is 0 Å². The summed E-state index contributed by atoms with van der Waals surface area (Å²) in [6.07, 6.45) is 3.18. The van der Waals surface area contributed by atoms with Gasteiger partial charge in [-0.2, -0.15) is 0 Å². The van der Waals surface area contributed by atoms with E-state index in [9.17, 15) is 0 Å². The molecule has 3 nitrogen and oxygen atoms in total.